The summed E-state index contributed by atoms with van der Waals surface area (Å²) < 4.78 is 27.6. The van der Waals surface area contributed by atoms with E-state index < -0.39 is 17.9 Å². The van der Waals surface area contributed by atoms with Gasteiger partial charge in [-0.1, -0.05) is 19.1 Å². The minimum atomic E-state index is -0.892. The fourth-order valence-corrected chi connectivity index (χ4v) is 3.83. The number of rotatable bonds is 3. The van der Waals surface area contributed by atoms with Gasteiger partial charge in [-0.3, -0.25) is 19.3 Å². The normalized spacial score (nSPS) is 21.0. The van der Waals surface area contributed by atoms with Crippen molar-refractivity contribution in [3.8, 4) is 0 Å². The van der Waals surface area contributed by atoms with Crippen molar-refractivity contribution in [3.05, 3.63) is 35.4 Å². The topological polar surface area (TPSA) is 104 Å². The molecular weight excluding hydrogens is 444 g/mol. The molecule has 2 heterocycles. The van der Waals surface area contributed by atoms with Gasteiger partial charge in [-0.25, -0.2) is 0 Å². The van der Waals surface area contributed by atoms with Crippen molar-refractivity contribution in [1.82, 2.24) is 9.80 Å². The summed E-state index contributed by atoms with van der Waals surface area (Å²) >= 11 is 0. The SMILES string of the molecule is CC[C@H](C(=O)N1CCOCCOCCOCCOCCOCC1)N1C(=O)c2ccccc2C1=O. The number of fused-ring (bicyclic) bond motifs is 1. The number of nitrogens with zero attached hydrogens (tertiary/aromatic N) is 2. The Bertz CT molecular complexity index is 765. The van der Waals surface area contributed by atoms with Gasteiger partial charge >= 0.3 is 0 Å². The Morgan fingerprint density at radius 2 is 1.12 bits per heavy atom. The number of ether oxygens (including phenoxy) is 5. The molecule has 1 fully saturated rings. The molecule has 10 heteroatoms. The number of benzene rings is 1. The van der Waals surface area contributed by atoms with Crippen LogP contribution in [0.4, 0.5) is 0 Å². The second-order valence-electron chi connectivity index (χ2n) is 7.84. The minimum absolute atomic E-state index is 0.299. The van der Waals surface area contributed by atoms with Crippen molar-refractivity contribution >= 4 is 17.7 Å². The number of imide groups is 1. The molecule has 34 heavy (non-hydrogen) atoms. The summed E-state index contributed by atoms with van der Waals surface area (Å²) in [5, 5.41) is 0. The molecule has 1 aromatic rings. The maximum atomic E-state index is 13.5. The lowest BCUT2D eigenvalue weighted by Gasteiger charge is -2.31. The van der Waals surface area contributed by atoms with Gasteiger partial charge in [-0.2, -0.15) is 0 Å². The smallest absolute Gasteiger partial charge is 0.262 e. The summed E-state index contributed by atoms with van der Waals surface area (Å²) in [7, 11) is 0. The highest BCUT2D eigenvalue weighted by Crippen LogP contribution is 2.26. The van der Waals surface area contributed by atoms with E-state index in [1.165, 1.54) is 0 Å². The number of carbonyl (C=O) groups is 3. The summed E-state index contributed by atoms with van der Waals surface area (Å²) in [4.78, 5) is 42.0. The van der Waals surface area contributed by atoms with Gasteiger partial charge in [0.05, 0.1) is 77.2 Å². The first-order valence-electron chi connectivity index (χ1n) is 11.8. The predicted octanol–water partition coefficient (Wildman–Crippen LogP) is 0.986. The first kappa shape index (κ1) is 26.2. The van der Waals surface area contributed by atoms with Crippen molar-refractivity contribution in [2.24, 2.45) is 0 Å². The molecule has 0 spiro atoms. The van der Waals surface area contributed by atoms with Crippen LogP contribution in [0.2, 0.25) is 0 Å². The highest BCUT2D eigenvalue weighted by Gasteiger charge is 2.42. The largest absolute Gasteiger partial charge is 0.377 e. The summed E-state index contributed by atoms with van der Waals surface area (Å²) in [5.74, 6) is -1.18. The van der Waals surface area contributed by atoms with Crippen molar-refractivity contribution < 1.29 is 38.1 Å². The fourth-order valence-electron chi connectivity index (χ4n) is 3.83. The molecule has 0 N–H and O–H groups in total. The van der Waals surface area contributed by atoms with E-state index >= 15 is 0 Å². The molecule has 2 aliphatic heterocycles. The van der Waals surface area contributed by atoms with Gasteiger partial charge in [0.2, 0.25) is 5.91 Å². The highest BCUT2D eigenvalue weighted by atomic mass is 16.6. The zero-order valence-electron chi connectivity index (χ0n) is 19.7. The summed E-state index contributed by atoms with van der Waals surface area (Å²) in [6, 6.07) is 5.75. The second-order valence-corrected chi connectivity index (χ2v) is 7.84. The van der Waals surface area contributed by atoms with Crippen molar-refractivity contribution in [2.45, 2.75) is 19.4 Å². The van der Waals surface area contributed by atoms with E-state index in [1.807, 2.05) is 0 Å². The van der Waals surface area contributed by atoms with Crippen LogP contribution in [0, 0.1) is 0 Å². The first-order valence-corrected chi connectivity index (χ1v) is 11.8. The van der Waals surface area contributed by atoms with Gasteiger partial charge in [0.25, 0.3) is 11.8 Å². The molecule has 1 atom stereocenters. The molecule has 0 saturated carbocycles. The van der Waals surface area contributed by atoms with Crippen molar-refractivity contribution in [3.63, 3.8) is 0 Å². The van der Waals surface area contributed by atoms with Gasteiger partial charge in [0.15, 0.2) is 0 Å². The quantitative estimate of drug-likeness (QED) is 0.593. The van der Waals surface area contributed by atoms with E-state index in [0.29, 0.717) is 96.7 Å². The predicted molar refractivity (Wildman–Crippen MR) is 122 cm³/mol. The Hall–Kier alpha value is -2.37. The van der Waals surface area contributed by atoms with E-state index in [2.05, 4.69) is 0 Å². The van der Waals surface area contributed by atoms with Crippen LogP contribution < -0.4 is 0 Å². The lowest BCUT2D eigenvalue weighted by atomic mass is 10.1. The minimum Gasteiger partial charge on any atom is -0.377 e. The van der Waals surface area contributed by atoms with E-state index in [-0.39, 0.29) is 5.91 Å². The lowest BCUT2D eigenvalue weighted by Crippen LogP contribution is -2.52. The van der Waals surface area contributed by atoms with Gasteiger partial charge in [-0.15, -0.1) is 0 Å². The maximum Gasteiger partial charge on any atom is 0.262 e. The molecule has 0 unspecified atom stereocenters. The van der Waals surface area contributed by atoms with Crippen LogP contribution in [0.15, 0.2) is 24.3 Å². The van der Waals surface area contributed by atoms with Crippen molar-refractivity contribution in [2.75, 3.05) is 79.2 Å². The monoisotopic (exact) mass is 478 g/mol. The van der Waals surface area contributed by atoms with Gasteiger partial charge < -0.3 is 28.6 Å². The molecule has 188 valence electrons. The highest BCUT2D eigenvalue weighted by molar-refractivity contribution is 6.22. The molecule has 0 aliphatic carbocycles. The Kier molecular flexibility index (Phi) is 10.9. The third-order valence-electron chi connectivity index (χ3n) is 5.62. The lowest BCUT2D eigenvalue weighted by molar-refractivity contribution is -0.137. The summed E-state index contributed by atoms with van der Waals surface area (Å²) in [6.45, 7) is 6.52. The third kappa shape index (κ3) is 7.07. The third-order valence-corrected chi connectivity index (χ3v) is 5.62. The van der Waals surface area contributed by atoms with E-state index in [0.717, 1.165) is 4.90 Å². The van der Waals surface area contributed by atoms with E-state index in [9.17, 15) is 14.4 Å². The van der Waals surface area contributed by atoms with Crippen molar-refractivity contribution in [1.29, 1.82) is 0 Å². The number of hydrogen-bond acceptors (Lipinski definition) is 8. The van der Waals surface area contributed by atoms with E-state index in [4.69, 9.17) is 23.7 Å². The molecule has 10 nitrogen and oxygen atoms in total. The molecule has 1 aromatic carbocycles. The van der Waals surface area contributed by atoms with Crippen LogP contribution in [-0.2, 0) is 28.5 Å². The molecular formula is C24H34N2O8. The molecule has 2 aliphatic rings. The van der Waals surface area contributed by atoms with Gasteiger partial charge in [-0.05, 0) is 18.6 Å². The number of carbonyl (C=O) groups excluding carboxylic acids is 3. The van der Waals surface area contributed by atoms with Crippen LogP contribution in [0.3, 0.4) is 0 Å². The van der Waals surface area contributed by atoms with Crippen LogP contribution in [-0.4, -0.2) is 113 Å². The fraction of sp³-hybridized carbons (Fsp3) is 0.625. The van der Waals surface area contributed by atoms with Crippen LogP contribution in [0.25, 0.3) is 0 Å². The maximum absolute atomic E-state index is 13.5. The molecule has 3 rings (SSSR count). The molecule has 1 saturated heterocycles. The Morgan fingerprint density at radius 3 is 1.50 bits per heavy atom. The molecule has 0 bridgehead atoms. The van der Waals surface area contributed by atoms with E-state index in [1.54, 1.807) is 36.1 Å². The second kappa shape index (κ2) is 14.1. The van der Waals surface area contributed by atoms with Gasteiger partial charge in [0.1, 0.15) is 6.04 Å². The van der Waals surface area contributed by atoms with Gasteiger partial charge in [0, 0.05) is 13.1 Å². The summed E-state index contributed by atoms with van der Waals surface area (Å²) in [5.41, 5.74) is 0.658. The Morgan fingerprint density at radius 1 is 0.735 bits per heavy atom. The number of amides is 3. The van der Waals surface area contributed by atoms with Crippen LogP contribution in [0.1, 0.15) is 34.1 Å². The Labute approximate surface area is 200 Å². The number of hydrogen-bond donors (Lipinski definition) is 0. The Balaban J connectivity index is 1.63. The average molecular weight is 479 g/mol. The molecule has 0 aromatic heterocycles. The first-order chi connectivity index (χ1) is 16.6. The van der Waals surface area contributed by atoms with Crippen LogP contribution >= 0.6 is 0 Å². The molecule has 0 radical (unpaired) electrons. The van der Waals surface area contributed by atoms with Crippen LogP contribution in [0.5, 0.6) is 0 Å². The summed E-state index contributed by atoms with van der Waals surface area (Å²) in [6.07, 6.45) is 0.312. The average Bonchev–Trinajstić information content (AvgIpc) is 3.10. The molecule has 3 amide bonds. The zero-order valence-corrected chi connectivity index (χ0v) is 19.7. The zero-order chi connectivity index (χ0) is 24.2. The standard InChI is InChI=1S/C24H34N2O8/c1-2-21(26-22(27)19-5-3-4-6-20(19)23(26)28)24(29)25-7-9-30-11-13-32-15-17-34-18-16-33-14-12-31-10-8-25/h3-6,21H,2,7-18H2,1H3/t21-/m1/s1.